The van der Waals surface area contributed by atoms with Gasteiger partial charge in [-0.2, -0.15) is 13.2 Å². The van der Waals surface area contributed by atoms with Crippen molar-refractivity contribution in [2.24, 2.45) is 0 Å². The largest absolute Gasteiger partial charge is 0.471 e. The average molecular weight is 762 g/mol. The van der Waals surface area contributed by atoms with Crippen molar-refractivity contribution in [3.05, 3.63) is 60.7 Å². The van der Waals surface area contributed by atoms with Crippen LogP contribution in [0, 0.1) is 0 Å². The Morgan fingerprint density at radius 2 is 1.22 bits per heavy atom. The van der Waals surface area contributed by atoms with Crippen molar-refractivity contribution < 1.29 is 27.5 Å². The number of carbonyl (C=O) groups excluding carboxylic acids is 1. The van der Waals surface area contributed by atoms with Gasteiger partial charge in [0.05, 0.1) is 22.7 Å². The van der Waals surface area contributed by atoms with Crippen LogP contribution in [0.25, 0.3) is 0 Å². The van der Waals surface area contributed by atoms with Crippen LogP contribution in [0.2, 0.25) is 5.04 Å². The summed E-state index contributed by atoms with van der Waals surface area (Å²) in [5.41, 5.74) is 0. The van der Waals surface area contributed by atoms with E-state index in [9.17, 15) is 23.1 Å². The zero-order chi connectivity index (χ0) is 33.3. The van der Waals surface area contributed by atoms with E-state index >= 15 is 0 Å². The first kappa shape index (κ1) is 39.7. The Labute approximate surface area is 284 Å². The lowest BCUT2D eigenvalue weighted by molar-refractivity contribution is -0.174. The monoisotopic (exact) mass is 761 g/mol. The van der Waals surface area contributed by atoms with Crippen molar-refractivity contribution in [3.63, 3.8) is 0 Å². The predicted molar refractivity (Wildman–Crippen MR) is 191 cm³/mol. The lowest BCUT2D eigenvalue weighted by Crippen LogP contribution is -2.68. The highest BCUT2D eigenvalue weighted by atomic mass is 127. The number of halogens is 4. The third-order valence-electron chi connectivity index (χ3n) is 8.58. The number of hydrogen-bond acceptors (Lipinski definition) is 3. The van der Waals surface area contributed by atoms with E-state index in [-0.39, 0.29) is 11.6 Å². The molecule has 0 unspecified atom stereocenters. The van der Waals surface area contributed by atoms with Gasteiger partial charge in [0.2, 0.25) is 0 Å². The van der Waals surface area contributed by atoms with Crippen LogP contribution in [0.1, 0.15) is 111 Å². The van der Waals surface area contributed by atoms with Gasteiger partial charge in [0.15, 0.2) is 0 Å². The van der Waals surface area contributed by atoms with Gasteiger partial charge in [-0.15, -0.1) is 0 Å². The molecule has 0 spiro atoms. The Bertz CT molecular complexity index is 1040. The summed E-state index contributed by atoms with van der Waals surface area (Å²) in [5.74, 6) is -2.02. The van der Waals surface area contributed by atoms with E-state index in [1.54, 1.807) is 0 Å². The van der Waals surface area contributed by atoms with Crippen molar-refractivity contribution >= 4 is 47.2 Å². The fourth-order valence-corrected chi connectivity index (χ4v) is 11.4. The Hall–Kier alpha value is -1.43. The van der Waals surface area contributed by atoms with Gasteiger partial charge in [0.25, 0.3) is 8.32 Å². The van der Waals surface area contributed by atoms with Gasteiger partial charge in [-0.25, -0.2) is 0 Å². The molecule has 0 bridgehead atoms. The lowest BCUT2D eigenvalue weighted by Gasteiger charge is -2.44. The van der Waals surface area contributed by atoms with E-state index in [1.807, 2.05) is 83.3 Å². The minimum atomic E-state index is -5.04. The number of amides is 1. The van der Waals surface area contributed by atoms with Gasteiger partial charge >= 0.3 is 12.1 Å². The maximum Gasteiger partial charge on any atom is 0.471 e. The second kappa shape index (κ2) is 20.0. The van der Waals surface area contributed by atoms with Crippen molar-refractivity contribution in [1.29, 1.82) is 0 Å². The SMILES string of the molecule is CCCCCCCCCCCCCC[C@@H](O)[C@H](I)[C@H](CO[Si](c1ccccc1)(c1ccccc1)C(C)(C)C)NC(=O)C(F)(F)F. The van der Waals surface area contributed by atoms with Crippen LogP contribution in [0.3, 0.4) is 0 Å². The molecule has 0 aliphatic rings. The van der Waals surface area contributed by atoms with Crippen LogP contribution in [0.15, 0.2) is 60.7 Å². The first-order valence-corrected chi connectivity index (χ1v) is 19.9. The second-order valence-electron chi connectivity index (χ2n) is 13.2. The summed E-state index contributed by atoms with van der Waals surface area (Å²) in [4.78, 5) is 12.2. The zero-order valence-corrected chi connectivity index (χ0v) is 30.8. The molecular weight excluding hydrogens is 706 g/mol. The summed E-state index contributed by atoms with van der Waals surface area (Å²) < 4.78 is 46.5. The van der Waals surface area contributed by atoms with Crippen molar-refractivity contribution in [1.82, 2.24) is 5.32 Å². The third kappa shape index (κ3) is 12.9. The summed E-state index contributed by atoms with van der Waals surface area (Å²) in [6, 6.07) is 18.6. The molecule has 0 heterocycles. The van der Waals surface area contributed by atoms with Crippen LogP contribution in [0.4, 0.5) is 13.2 Å². The molecule has 0 aliphatic carbocycles. The number of aliphatic hydroxyl groups is 1. The standard InChI is InChI=1S/C36H55F3INO3Si/c1-5-6-7-8-9-10-11-12-13-14-15-22-27-32(42)33(40)31(41-34(43)36(37,38)39)28-44-45(35(2,3)4,29-23-18-16-19-24-29)30-25-20-17-21-26-30/h16-21,23-26,31-33,42H,5-15,22,27-28H2,1-4H3,(H,41,43)/t31-,32+,33+/m0/s1. The van der Waals surface area contributed by atoms with Crippen molar-refractivity contribution in [3.8, 4) is 0 Å². The normalized spacial score (nSPS) is 14.6. The summed E-state index contributed by atoms with van der Waals surface area (Å²) in [6.07, 6.45) is 8.89. The smallest absolute Gasteiger partial charge is 0.405 e. The van der Waals surface area contributed by atoms with Crippen LogP contribution in [0.5, 0.6) is 0 Å². The highest BCUT2D eigenvalue weighted by Crippen LogP contribution is 2.37. The number of alkyl halides is 4. The zero-order valence-electron chi connectivity index (χ0n) is 27.7. The maximum absolute atomic E-state index is 13.4. The van der Waals surface area contributed by atoms with E-state index in [0.29, 0.717) is 6.42 Å². The molecule has 0 aliphatic heterocycles. The minimum Gasteiger partial charge on any atom is -0.405 e. The van der Waals surface area contributed by atoms with Gasteiger partial charge < -0.3 is 14.8 Å². The first-order chi connectivity index (χ1) is 21.3. The predicted octanol–water partition coefficient (Wildman–Crippen LogP) is 8.87. The quantitative estimate of drug-likeness (QED) is 0.0579. The molecule has 4 nitrogen and oxygen atoms in total. The number of benzene rings is 2. The van der Waals surface area contributed by atoms with E-state index in [1.165, 1.54) is 51.4 Å². The van der Waals surface area contributed by atoms with Crippen LogP contribution < -0.4 is 15.7 Å². The molecule has 45 heavy (non-hydrogen) atoms. The van der Waals surface area contributed by atoms with Crippen LogP contribution >= 0.6 is 22.6 Å². The molecule has 2 rings (SSSR count). The molecule has 0 radical (unpaired) electrons. The summed E-state index contributed by atoms with van der Waals surface area (Å²) in [5, 5.41) is 14.9. The molecule has 0 saturated heterocycles. The lowest BCUT2D eigenvalue weighted by atomic mass is 10.0. The molecule has 2 aromatic carbocycles. The topological polar surface area (TPSA) is 58.6 Å². The number of unbranched alkanes of at least 4 members (excludes halogenated alkanes) is 11. The highest BCUT2D eigenvalue weighted by Gasteiger charge is 2.51. The minimum absolute atomic E-state index is 0.155. The summed E-state index contributed by atoms with van der Waals surface area (Å²) >= 11 is 1.99. The molecular formula is C36H55F3INO3Si. The van der Waals surface area contributed by atoms with E-state index < -0.39 is 36.5 Å². The van der Waals surface area contributed by atoms with E-state index in [4.69, 9.17) is 4.43 Å². The molecule has 0 saturated carbocycles. The number of nitrogens with one attached hydrogen (secondary N) is 1. The Morgan fingerprint density at radius 1 is 0.800 bits per heavy atom. The van der Waals surface area contributed by atoms with Gasteiger partial charge in [-0.3, -0.25) is 4.79 Å². The molecule has 1 amide bonds. The van der Waals surface area contributed by atoms with Gasteiger partial charge in [0, 0.05) is 0 Å². The molecule has 254 valence electrons. The second-order valence-corrected chi connectivity index (χ2v) is 19.0. The molecule has 0 fully saturated rings. The number of carbonyl (C=O) groups is 1. The molecule has 0 aromatic heterocycles. The first-order valence-electron chi connectivity index (χ1n) is 16.8. The van der Waals surface area contributed by atoms with E-state index in [2.05, 4.69) is 33.0 Å². The number of hydrogen-bond donors (Lipinski definition) is 2. The fraction of sp³-hybridized carbons (Fsp3) is 0.639. The highest BCUT2D eigenvalue weighted by molar-refractivity contribution is 14.1. The number of rotatable bonds is 21. The van der Waals surface area contributed by atoms with Gasteiger partial charge in [-0.1, -0.05) is 188 Å². The van der Waals surface area contributed by atoms with Crippen LogP contribution in [-0.4, -0.2) is 48.2 Å². The van der Waals surface area contributed by atoms with Crippen LogP contribution in [-0.2, 0) is 9.22 Å². The molecule has 2 aromatic rings. The Kier molecular flexibility index (Phi) is 17.7. The fourth-order valence-electron chi connectivity index (χ4n) is 6.06. The van der Waals surface area contributed by atoms with Gasteiger partial charge in [0.1, 0.15) is 0 Å². The molecule has 2 N–H and O–H groups in total. The van der Waals surface area contributed by atoms with Crippen molar-refractivity contribution in [2.75, 3.05) is 6.61 Å². The van der Waals surface area contributed by atoms with E-state index in [0.717, 1.165) is 36.1 Å². The summed E-state index contributed by atoms with van der Waals surface area (Å²) in [7, 11) is -3.07. The summed E-state index contributed by atoms with van der Waals surface area (Å²) in [6.45, 7) is 8.35. The van der Waals surface area contributed by atoms with Crippen molar-refractivity contribution in [2.45, 2.75) is 138 Å². The average Bonchev–Trinajstić information content (AvgIpc) is 3.00. The number of aliphatic hydroxyl groups excluding tert-OH is 1. The molecule has 9 heteroatoms. The Balaban J connectivity index is 2.09. The van der Waals surface area contributed by atoms with Gasteiger partial charge in [-0.05, 0) is 21.8 Å². The Morgan fingerprint density at radius 3 is 1.62 bits per heavy atom. The maximum atomic E-state index is 13.4. The molecule has 3 atom stereocenters. The third-order valence-corrected chi connectivity index (χ3v) is 15.3.